The van der Waals surface area contributed by atoms with Crippen molar-refractivity contribution in [2.45, 2.75) is 19.9 Å². The van der Waals surface area contributed by atoms with Crippen LogP contribution < -0.4 is 19.1 Å². The zero-order valence-corrected chi connectivity index (χ0v) is 22.5. The number of anilines is 1. The molecule has 0 spiro atoms. The molecule has 1 N–H and O–H groups in total. The number of thiazole rings is 1. The van der Waals surface area contributed by atoms with Gasteiger partial charge in [-0.2, -0.15) is 0 Å². The highest BCUT2D eigenvalue weighted by molar-refractivity contribution is 7.17. The molecule has 0 saturated carbocycles. The average molecular weight is 539 g/mol. The highest BCUT2D eigenvalue weighted by atomic mass is 32.1. The molecule has 38 heavy (non-hydrogen) atoms. The highest BCUT2D eigenvalue weighted by Gasteiger charge is 2.49. The number of aryl methyl sites for hydroxylation is 2. The summed E-state index contributed by atoms with van der Waals surface area (Å²) in [5, 5.41) is 11.5. The van der Waals surface area contributed by atoms with E-state index in [-0.39, 0.29) is 21.3 Å². The number of rotatable bonds is 7. The third-order valence-corrected chi connectivity index (χ3v) is 7.34. The lowest BCUT2D eigenvalue weighted by Crippen LogP contribution is -2.29. The van der Waals surface area contributed by atoms with Crippen LogP contribution >= 0.6 is 11.3 Å². The van der Waals surface area contributed by atoms with Gasteiger partial charge in [-0.1, -0.05) is 11.3 Å². The molecule has 1 aromatic heterocycles. The Labute approximate surface area is 223 Å². The van der Waals surface area contributed by atoms with Crippen LogP contribution in [0.1, 0.15) is 38.1 Å². The highest BCUT2D eigenvalue weighted by Crippen LogP contribution is 2.47. The summed E-state index contributed by atoms with van der Waals surface area (Å²) < 4.78 is 21.1. The number of ether oxygens (including phenoxy) is 4. The molecule has 1 fully saturated rings. The number of nitrogens with zero attached hydrogens (tertiary/aromatic N) is 2. The predicted octanol–water partition coefficient (Wildman–Crippen LogP) is 4.20. The molecular formula is C27H26N2O8S. The molecule has 0 bridgehead atoms. The minimum Gasteiger partial charge on any atom is -0.507 e. The number of esters is 1. The van der Waals surface area contributed by atoms with Gasteiger partial charge in [0.05, 0.1) is 39.7 Å². The summed E-state index contributed by atoms with van der Waals surface area (Å²) in [6.07, 6.45) is 0. The summed E-state index contributed by atoms with van der Waals surface area (Å²) in [7, 11) is 5.70. The fourth-order valence-electron chi connectivity index (χ4n) is 4.33. The molecule has 0 aliphatic carbocycles. The van der Waals surface area contributed by atoms with Gasteiger partial charge < -0.3 is 24.1 Å². The molecule has 1 amide bonds. The summed E-state index contributed by atoms with van der Waals surface area (Å²) in [6, 6.07) is 8.70. The molecule has 3 aromatic rings. The first-order valence-electron chi connectivity index (χ1n) is 11.4. The third-order valence-electron chi connectivity index (χ3n) is 6.21. The van der Waals surface area contributed by atoms with Gasteiger partial charge in [-0.3, -0.25) is 14.5 Å². The lowest BCUT2D eigenvalue weighted by atomic mass is 9.94. The fourth-order valence-corrected chi connectivity index (χ4v) is 5.34. The van der Waals surface area contributed by atoms with E-state index in [0.29, 0.717) is 34.1 Å². The van der Waals surface area contributed by atoms with Crippen molar-refractivity contribution < 1.29 is 38.4 Å². The van der Waals surface area contributed by atoms with Crippen LogP contribution in [-0.4, -0.2) is 56.2 Å². The van der Waals surface area contributed by atoms with Gasteiger partial charge in [0.15, 0.2) is 5.13 Å². The van der Waals surface area contributed by atoms with E-state index in [1.54, 1.807) is 50.2 Å². The number of Topliss-reactive ketones (excluding diaryl/α,β-unsaturated/α-hetero) is 1. The van der Waals surface area contributed by atoms with Crippen molar-refractivity contribution >= 4 is 39.9 Å². The second kappa shape index (κ2) is 10.5. The molecule has 1 saturated heterocycles. The van der Waals surface area contributed by atoms with Crippen molar-refractivity contribution in [2.75, 3.05) is 33.3 Å². The summed E-state index contributed by atoms with van der Waals surface area (Å²) in [4.78, 5) is 45.0. The van der Waals surface area contributed by atoms with Gasteiger partial charge in [-0.05, 0) is 55.8 Å². The number of ketones is 1. The largest absolute Gasteiger partial charge is 0.507 e. The minimum atomic E-state index is -1.14. The number of hydrogen-bond acceptors (Lipinski definition) is 10. The molecule has 198 valence electrons. The van der Waals surface area contributed by atoms with Crippen LogP contribution in [0.2, 0.25) is 0 Å². The predicted molar refractivity (Wildman–Crippen MR) is 140 cm³/mol. The normalized spacial score (nSPS) is 16.5. The molecule has 0 unspecified atom stereocenters. The monoisotopic (exact) mass is 538 g/mol. The molecule has 0 radical (unpaired) electrons. The van der Waals surface area contributed by atoms with Crippen molar-refractivity contribution in [1.82, 2.24) is 4.98 Å². The summed E-state index contributed by atoms with van der Waals surface area (Å²) >= 11 is 0.908. The van der Waals surface area contributed by atoms with Gasteiger partial charge in [0.1, 0.15) is 33.9 Å². The molecule has 1 aliphatic heterocycles. The quantitative estimate of drug-likeness (QED) is 0.204. The average Bonchev–Trinajstić information content (AvgIpc) is 3.43. The molecule has 10 nitrogen and oxygen atoms in total. The van der Waals surface area contributed by atoms with E-state index in [2.05, 4.69) is 4.98 Å². The zero-order valence-electron chi connectivity index (χ0n) is 21.6. The van der Waals surface area contributed by atoms with Gasteiger partial charge in [0, 0.05) is 11.1 Å². The van der Waals surface area contributed by atoms with Crippen LogP contribution in [0, 0.1) is 13.8 Å². The number of benzene rings is 2. The maximum absolute atomic E-state index is 13.5. The molecule has 1 aliphatic rings. The number of carbonyl (C=O) groups excluding carboxylic acids is 3. The Morgan fingerprint density at radius 1 is 0.974 bits per heavy atom. The van der Waals surface area contributed by atoms with E-state index in [1.807, 2.05) is 0 Å². The zero-order chi connectivity index (χ0) is 27.7. The molecule has 4 rings (SSSR count). The first-order chi connectivity index (χ1) is 18.2. The Morgan fingerprint density at radius 2 is 1.66 bits per heavy atom. The standard InChI is InChI=1S/C27H26N2O8S/c1-13-11-15(7-9-18(13)35-4)22(30)20-21(17-12-16(34-3)8-10-19(17)36-5)29(25(32)23(20)31)27-28-14(2)24(38-27)26(33)37-6/h7-12,21,30H,1-6H3/t21-/m1/s1. The van der Waals surface area contributed by atoms with E-state index in [0.717, 1.165) is 21.8 Å². The van der Waals surface area contributed by atoms with Gasteiger partial charge >= 0.3 is 11.9 Å². The van der Waals surface area contributed by atoms with Gasteiger partial charge in [0.2, 0.25) is 0 Å². The van der Waals surface area contributed by atoms with E-state index >= 15 is 0 Å². The second-order valence-corrected chi connectivity index (χ2v) is 9.34. The molecule has 2 aromatic carbocycles. The maximum atomic E-state index is 13.5. The van der Waals surface area contributed by atoms with E-state index in [1.165, 1.54) is 28.4 Å². The SMILES string of the molecule is COC(=O)c1sc(N2C(=O)C(=O)C(=C(O)c3ccc(OC)c(C)c3)[C@H]2c2cc(OC)ccc2OC)nc1C. The Bertz CT molecular complexity index is 1480. The molecule has 1 atom stereocenters. The summed E-state index contributed by atoms with van der Waals surface area (Å²) in [5.41, 5.74) is 1.59. The number of methoxy groups -OCH3 is 4. The third kappa shape index (κ3) is 4.45. The lowest BCUT2D eigenvalue weighted by Gasteiger charge is -2.25. The van der Waals surface area contributed by atoms with Crippen LogP contribution in [0.15, 0.2) is 42.0 Å². The summed E-state index contributed by atoms with van der Waals surface area (Å²) in [5.74, 6) is -1.45. The van der Waals surface area contributed by atoms with Crippen LogP contribution in [0.4, 0.5) is 5.13 Å². The van der Waals surface area contributed by atoms with Crippen LogP contribution in [0.5, 0.6) is 17.2 Å². The van der Waals surface area contributed by atoms with Crippen molar-refractivity contribution in [2.24, 2.45) is 0 Å². The van der Waals surface area contributed by atoms with Gasteiger partial charge in [-0.15, -0.1) is 0 Å². The van der Waals surface area contributed by atoms with Gasteiger partial charge in [-0.25, -0.2) is 9.78 Å². The number of carbonyl (C=O) groups is 3. The maximum Gasteiger partial charge on any atom is 0.350 e. The number of aromatic nitrogens is 1. The number of hydrogen-bond donors (Lipinski definition) is 1. The van der Waals surface area contributed by atoms with E-state index < -0.39 is 23.7 Å². The summed E-state index contributed by atoms with van der Waals surface area (Å²) in [6.45, 7) is 3.40. The molecule has 11 heteroatoms. The topological polar surface area (TPSA) is 124 Å². The van der Waals surface area contributed by atoms with Crippen molar-refractivity contribution in [3.63, 3.8) is 0 Å². The smallest absolute Gasteiger partial charge is 0.350 e. The number of aliphatic hydroxyl groups excluding tert-OH is 1. The van der Waals surface area contributed by atoms with Crippen LogP contribution in [-0.2, 0) is 14.3 Å². The minimum absolute atomic E-state index is 0.0878. The fraction of sp³-hybridized carbons (Fsp3) is 0.259. The Hall–Kier alpha value is -4.38. The Balaban J connectivity index is 2.01. The van der Waals surface area contributed by atoms with Crippen LogP contribution in [0.25, 0.3) is 5.76 Å². The lowest BCUT2D eigenvalue weighted by molar-refractivity contribution is -0.132. The van der Waals surface area contributed by atoms with Crippen molar-refractivity contribution in [3.8, 4) is 17.2 Å². The first-order valence-corrected chi connectivity index (χ1v) is 12.2. The first kappa shape index (κ1) is 26.7. The van der Waals surface area contributed by atoms with Crippen molar-refractivity contribution in [3.05, 3.63) is 69.2 Å². The Morgan fingerprint density at radius 3 is 2.26 bits per heavy atom. The molecular weight excluding hydrogens is 512 g/mol. The van der Waals surface area contributed by atoms with E-state index in [9.17, 15) is 19.5 Å². The van der Waals surface area contributed by atoms with E-state index in [4.69, 9.17) is 18.9 Å². The second-order valence-electron chi connectivity index (χ2n) is 8.36. The van der Waals surface area contributed by atoms with Crippen molar-refractivity contribution in [1.29, 1.82) is 0 Å². The van der Waals surface area contributed by atoms with Gasteiger partial charge in [0.25, 0.3) is 5.78 Å². The van der Waals surface area contributed by atoms with Crippen LogP contribution in [0.3, 0.4) is 0 Å². The number of amides is 1. The Kier molecular flexibility index (Phi) is 7.40. The number of aliphatic hydroxyl groups is 1. The molecule has 2 heterocycles.